The summed E-state index contributed by atoms with van der Waals surface area (Å²) in [7, 11) is 0. The molecule has 66 valence electrons. The average Bonchev–Trinajstić information content (AvgIpc) is 2.06. The van der Waals surface area contributed by atoms with E-state index in [-0.39, 0.29) is 0 Å². The fraction of sp³-hybridized carbons (Fsp3) is 0.500. The van der Waals surface area contributed by atoms with E-state index >= 15 is 0 Å². The smallest absolute Gasteiger partial charge is 0.129 e. The van der Waals surface area contributed by atoms with Gasteiger partial charge in [0.2, 0.25) is 0 Å². The van der Waals surface area contributed by atoms with E-state index in [4.69, 9.17) is 5.73 Å². The van der Waals surface area contributed by atoms with Crippen LogP contribution in [0.3, 0.4) is 0 Å². The molecule has 0 saturated heterocycles. The van der Waals surface area contributed by atoms with Crippen molar-refractivity contribution < 1.29 is 0 Å². The van der Waals surface area contributed by atoms with Crippen LogP contribution in [-0.2, 0) is 0 Å². The van der Waals surface area contributed by atoms with Crippen molar-refractivity contribution in [3.8, 4) is 0 Å². The Labute approximate surface area is 72.2 Å². The van der Waals surface area contributed by atoms with Crippen molar-refractivity contribution in [1.82, 2.24) is 9.97 Å². The SMILES string of the molecule is CC(CCN)Nc1ccncn1. The van der Waals surface area contributed by atoms with Crippen LogP contribution < -0.4 is 11.1 Å². The lowest BCUT2D eigenvalue weighted by atomic mass is 10.2. The van der Waals surface area contributed by atoms with E-state index in [0.29, 0.717) is 12.6 Å². The highest BCUT2D eigenvalue weighted by atomic mass is 15.0. The number of nitrogens with one attached hydrogen (secondary N) is 1. The second-order valence-corrected chi connectivity index (χ2v) is 2.72. The molecule has 0 radical (unpaired) electrons. The zero-order chi connectivity index (χ0) is 8.81. The Hall–Kier alpha value is -1.16. The van der Waals surface area contributed by atoms with E-state index in [9.17, 15) is 0 Å². The van der Waals surface area contributed by atoms with Crippen molar-refractivity contribution in [3.63, 3.8) is 0 Å². The summed E-state index contributed by atoms with van der Waals surface area (Å²) in [5.41, 5.74) is 5.41. The average molecular weight is 166 g/mol. The van der Waals surface area contributed by atoms with Crippen molar-refractivity contribution in [3.05, 3.63) is 18.6 Å². The largest absolute Gasteiger partial charge is 0.367 e. The standard InChI is InChI=1S/C8H14N4/c1-7(2-4-9)12-8-3-5-10-6-11-8/h3,5-7H,2,4,9H2,1H3,(H,10,11,12). The molecule has 1 unspecified atom stereocenters. The lowest BCUT2D eigenvalue weighted by molar-refractivity contribution is 0.713. The van der Waals surface area contributed by atoms with Crippen LogP contribution in [0, 0.1) is 0 Å². The van der Waals surface area contributed by atoms with Gasteiger partial charge in [-0.05, 0) is 26.0 Å². The molecule has 1 heterocycles. The van der Waals surface area contributed by atoms with Gasteiger partial charge in [0, 0.05) is 12.2 Å². The summed E-state index contributed by atoms with van der Waals surface area (Å²) in [6.45, 7) is 2.77. The van der Waals surface area contributed by atoms with Gasteiger partial charge in [0.15, 0.2) is 0 Å². The molecule has 0 aromatic carbocycles. The zero-order valence-corrected chi connectivity index (χ0v) is 7.20. The Morgan fingerprint density at radius 3 is 3.08 bits per heavy atom. The molecule has 0 amide bonds. The summed E-state index contributed by atoms with van der Waals surface area (Å²) in [6.07, 6.45) is 4.19. The van der Waals surface area contributed by atoms with Crippen LogP contribution in [0.5, 0.6) is 0 Å². The number of hydrogen-bond donors (Lipinski definition) is 2. The second kappa shape index (κ2) is 4.66. The first-order valence-corrected chi connectivity index (χ1v) is 4.05. The molecule has 0 fully saturated rings. The topological polar surface area (TPSA) is 63.8 Å². The first kappa shape index (κ1) is 8.93. The maximum absolute atomic E-state index is 5.41. The molecule has 3 N–H and O–H groups in total. The van der Waals surface area contributed by atoms with Crippen LogP contribution in [-0.4, -0.2) is 22.6 Å². The summed E-state index contributed by atoms with van der Waals surface area (Å²) in [5, 5.41) is 3.21. The Morgan fingerprint density at radius 1 is 1.67 bits per heavy atom. The number of rotatable bonds is 4. The highest BCUT2D eigenvalue weighted by Crippen LogP contribution is 2.02. The molecule has 12 heavy (non-hydrogen) atoms. The predicted molar refractivity (Wildman–Crippen MR) is 48.8 cm³/mol. The predicted octanol–water partition coefficient (Wildman–Crippen LogP) is 0.626. The number of anilines is 1. The van der Waals surface area contributed by atoms with Gasteiger partial charge in [-0.2, -0.15) is 0 Å². The first-order valence-electron chi connectivity index (χ1n) is 4.05. The van der Waals surface area contributed by atoms with Crippen molar-refractivity contribution >= 4 is 5.82 Å². The minimum Gasteiger partial charge on any atom is -0.367 e. The molecule has 4 nitrogen and oxygen atoms in total. The first-order chi connectivity index (χ1) is 5.83. The minimum atomic E-state index is 0.366. The van der Waals surface area contributed by atoms with Gasteiger partial charge >= 0.3 is 0 Å². The quantitative estimate of drug-likeness (QED) is 0.688. The summed E-state index contributed by atoms with van der Waals surface area (Å²) in [6, 6.07) is 2.21. The van der Waals surface area contributed by atoms with Gasteiger partial charge in [-0.1, -0.05) is 0 Å². The van der Waals surface area contributed by atoms with E-state index in [2.05, 4.69) is 22.2 Å². The molecule has 0 saturated carbocycles. The maximum Gasteiger partial charge on any atom is 0.129 e. The monoisotopic (exact) mass is 166 g/mol. The molecule has 0 aliphatic carbocycles. The van der Waals surface area contributed by atoms with Crippen molar-refractivity contribution in [1.29, 1.82) is 0 Å². The minimum absolute atomic E-state index is 0.366. The lowest BCUT2D eigenvalue weighted by Crippen LogP contribution is -2.19. The van der Waals surface area contributed by atoms with Gasteiger partial charge < -0.3 is 11.1 Å². The fourth-order valence-corrected chi connectivity index (χ4v) is 0.951. The Bertz CT molecular complexity index is 212. The second-order valence-electron chi connectivity index (χ2n) is 2.72. The Kier molecular flexibility index (Phi) is 3.47. The molecule has 1 aromatic heterocycles. The van der Waals surface area contributed by atoms with Crippen LogP contribution in [0.15, 0.2) is 18.6 Å². The van der Waals surface area contributed by atoms with Gasteiger partial charge in [0.25, 0.3) is 0 Å². The summed E-state index contributed by atoms with van der Waals surface area (Å²) >= 11 is 0. The molecule has 1 atom stereocenters. The van der Waals surface area contributed by atoms with Gasteiger partial charge in [0.05, 0.1) is 0 Å². The van der Waals surface area contributed by atoms with Crippen LogP contribution in [0.25, 0.3) is 0 Å². The molecular weight excluding hydrogens is 152 g/mol. The molecule has 1 aromatic rings. The third-order valence-electron chi connectivity index (χ3n) is 1.58. The fourth-order valence-electron chi connectivity index (χ4n) is 0.951. The number of aromatic nitrogens is 2. The number of nitrogens with zero attached hydrogens (tertiary/aromatic N) is 2. The number of nitrogens with two attached hydrogens (primary N) is 1. The lowest BCUT2D eigenvalue weighted by Gasteiger charge is -2.12. The normalized spacial score (nSPS) is 12.5. The Morgan fingerprint density at radius 2 is 2.50 bits per heavy atom. The van der Waals surface area contributed by atoms with Crippen molar-refractivity contribution in [2.75, 3.05) is 11.9 Å². The van der Waals surface area contributed by atoms with Gasteiger partial charge in [0.1, 0.15) is 12.1 Å². The molecule has 1 rings (SSSR count). The molecule has 0 aliphatic heterocycles. The molecule has 4 heteroatoms. The highest BCUT2D eigenvalue weighted by molar-refractivity contribution is 5.32. The summed E-state index contributed by atoms with van der Waals surface area (Å²) < 4.78 is 0. The third-order valence-corrected chi connectivity index (χ3v) is 1.58. The molecule has 0 bridgehead atoms. The third kappa shape index (κ3) is 2.84. The van der Waals surface area contributed by atoms with Crippen molar-refractivity contribution in [2.45, 2.75) is 19.4 Å². The van der Waals surface area contributed by atoms with Crippen LogP contribution in [0.2, 0.25) is 0 Å². The van der Waals surface area contributed by atoms with Gasteiger partial charge in [-0.15, -0.1) is 0 Å². The Balaban J connectivity index is 2.41. The van der Waals surface area contributed by atoms with Crippen molar-refractivity contribution in [2.24, 2.45) is 5.73 Å². The summed E-state index contributed by atoms with van der Waals surface area (Å²) in [5.74, 6) is 0.853. The highest BCUT2D eigenvalue weighted by Gasteiger charge is 1.99. The van der Waals surface area contributed by atoms with E-state index in [0.717, 1.165) is 12.2 Å². The van der Waals surface area contributed by atoms with E-state index in [1.807, 2.05) is 6.07 Å². The van der Waals surface area contributed by atoms with E-state index < -0.39 is 0 Å². The molecule has 0 aliphatic rings. The van der Waals surface area contributed by atoms with E-state index in [1.165, 1.54) is 6.33 Å². The molecular formula is C8H14N4. The van der Waals surface area contributed by atoms with Gasteiger partial charge in [-0.3, -0.25) is 0 Å². The maximum atomic E-state index is 5.41. The van der Waals surface area contributed by atoms with Crippen LogP contribution in [0.1, 0.15) is 13.3 Å². The van der Waals surface area contributed by atoms with E-state index in [1.54, 1.807) is 6.20 Å². The van der Waals surface area contributed by atoms with Crippen LogP contribution in [0.4, 0.5) is 5.82 Å². The zero-order valence-electron chi connectivity index (χ0n) is 7.20. The number of hydrogen-bond acceptors (Lipinski definition) is 4. The van der Waals surface area contributed by atoms with Gasteiger partial charge in [-0.25, -0.2) is 9.97 Å². The summed E-state index contributed by atoms with van der Waals surface area (Å²) in [4.78, 5) is 7.86. The van der Waals surface area contributed by atoms with Crippen LogP contribution >= 0.6 is 0 Å². The molecule has 0 spiro atoms.